The van der Waals surface area contributed by atoms with E-state index >= 15 is 0 Å². The molecule has 2 aromatic carbocycles. The van der Waals surface area contributed by atoms with E-state index in [1.54, 1.807) is 13.3 Å². The SMILES string of the molecule is COCC(=O)Nc1cc(N2C(=S)N[C@H](c3ccccn3)[C@H]2c2cc(C)n(-c3ccccc3C)c2C)ccc1OC. The molecule has 206 valence electrons. The Morgan fingerprint density at radius 1 is 1.05 bits per heavy atom. The first-order valence-electron chi connectivity index (χ1n) is 13.1. The Hall–Kier alpha value is -4.21. The topological polar surface area (TPSA) is 80.7 Å². The number of carbonyl (C=O) groups is 1. The van der Waals surface area contributed by atoms with Crippen molar-refractivity contribution < 1.29 is 14.3 Å². The lowest BCUT2D eigenvalue weighted by Crippen LogP contribution is -2.29. The summed E-state index contributed by atoms with van der Waals surface area (Å²) in [5.41, 5.74) is 7.96. The molecular weight excluding hydrogens is 522 g/mol. The highest BCUT2D eigenvalue weighted by atomic mass is 32.1. The molecule has 1 amide bonds. The number of amides is 1. The van der Waals surface area contributed by atoms with Gasteiger partial charge in [0.15, 0.2) is 5.11 Å². The van der Waals surface area contributed by atoms with Crippen LogP contribution in [0, 0.1) is 20.8 Å². The molecule has 0 radical (unpaired) electrons. The number of anilines is 2. The molecule has 2 atom stereocenters. The van der Waals surface area contributed by atoms with E-state index in [0.29, 0.717) is 16.5 Å². The van der Waals surface area contributed by atoms with E-state index in [0.717, 1.165) is 34.0 Å². The molecule has 0 unspecified atom stereocenters. The first-order chi connectivity index (χ1) is 19.3. The zero-order chi connectivity index (χ0) is 28.4. The highest BCUT2D eigenvalue weighted by Gasteiger charge is 2.42. The van der Waals surface area contributed by atoms with Crippen molar-refractivity contribution in [1.82, 2.24) is 14.9 Å². The van der Waals surface area contributed by atoms with Gasteiger partial charge in [-0.25, -0.2) is 0 Å². The minimum Gasteiger partial charge on any atom is -0.495 e. The second-order valence-electron chi connectivity index (χ2n) is 9.81. The number of hydrogen-bond acceptors (Lipinski definition) is 5. The summed E-state index contributed by atoms with van der Waals surface area (Å²) in [5.74, 6) is 0.270. The summed E-state index contributed by atoms with van der Waals surface area (Å²) in [7, 11) is 3.06. The number of pyridine rings is 1. The summed E-state index contributed by atoms with van der Waals surface area (Å²) < 4.78 is 12.8. The van der Waals surface area contributed by atoms with Gasteiger partial charge in [0.05, 0.1) is 30.6 Å². The summed E-state index contributed by atoms with van der Waals surface area (Å²) in [5, 5.41) is 7.00. The largest absolute Gasteiger partial charge is 0.495 e. The van der Waals surface area contributed by atoms with Crippen LogP contribution in [0.5, 0.6) is 5.75 Å². The highest BCUT2D eigenvalue weighted by Crippen LogP contribution is 2.45. The summed E-state index contributed by atoms with van der Waals surface area (Å²) in [6.45, 7) is 6.33. The number of aromatic nitrogens is 2. The molecule has 1 saturated heterocycles. The molecule has 0 aliphatic carbocycles. The Labute approximate surface area is 239 Å². The monoisotopic (exact) mass is 555 g/mol. The van der Waals surface area contributed by atoms with Gasteiger partial charge in [-0.05, 0) is 86.6 Å². The van der Waals surface area contributed by atoms with E-state index in [-0.39, 0.29) is 24.6 Å². The van der Waals surface area contributed by atoms with E-state index in [9.17, 15) is 4.79 Å². The van der Waals surface area contributed by atoms with Gasteiger partial charge >= 0.3 is 0 Å². The molecular formula is C31H33N5O3S. The molecule has 4 aromatic rings. The second-order valence-corrected chi connectivity index (χ2v) is 10.2. The molecule has 2 N–H and O–H groups in total. The van der Waals surface area contributed by atoms with Crippen molar-refractivity contribution >= 4 is 34.6 Å². The number of rotatable bonds is 8. The molecule has 2 aromatic heterocycles. The first kappa shape index (κ1) is 27.4. The molecule has 0 saturated carbocycles. The number of methoxy groups -OCH3 is 2. The number of hydrogen-bond donors (Lipinski definition) is 2. The number of aryl methyl sites for hydroxylation is 2. The molecule has 0 bridgehead atoms. The van der Waals surface area contributed by atoms with Gasteiger partial charge in [-0.1, -0.05) is 24.3 Å². The van der Waals surface area contributed by atoms with Crippen LogP contribution in [0.25, 0.3) is 5.69 Å². The molecule has 9 heteroatoms. The van der Waals surface area contributed by atoms with Crippen LogP contribution < -0.4 is 20.3 Å². The molecule has 0 spiro atoms. The molecule has 1 aliphatic heterocycles. The average molecular weight is 556 g/mol. The standard InChI is InChI=1S/C31H33N5O3S/c1-19-10-6-7-12-26(19)35-20(2)16-23(21(35)3)30-29(24-11-8-9-15-32-24)34-31(40)36(30)22-13-14-27(39-5)25(17-22)33-28(37)18-38-4/h6-17,29-30H,18H2,1-5H3,(H,33,37)(H,34,40)/t29-,30-/m1/s1. The predicted octanol–water partition coefficient (Wildman–Crippen LogP) is 5.57. The molecule has 5 rings (SSSR count). The summed E-state index contributed by atoms with van der Waals surface area (Å²) in [4.78, 5) is 19.2. The predicted molar refractivity (Wildman–Crippen MR) is 161 cm³/mol. The Morgan fingerprint density at radius 3 is 2.52 bits per heavy atom. The van der Waals surface area contributed by atoms with Gasteiger partial charge in [0.2, 0.25) is 5.91 Å². The third-order valence-corrected chi connectivity index (χ3v) is 7.57. The summed E-state index contributed by atoms with van der Waals surface area (Å²) in [6, 6.07) is 21.8. The molecule has 8 nitrogen and oxygen atoms in total. The fourth-order valence-corrected chi connectivity index (χ4v) is 5.83. The smallest absolute Gasteiger partial charge is 0.250 e. The second kappa shape index (κ2) is 11.5. The quantitative estimate of drug-likeness (QED) is 0.275. The Kier molecular flexibility index (Phi) is 7.86. The van der Waals surface area contributed by atoms with Crippen LogP contribution in [0.3, 0.4) is 0 Å². The summed E-state index contributed by atoms with van der Waals surface area (Å²) >= 11 is 5.95. The van der Waals surface area contributed by atoms with Crippen molar-refractivity contribution in [2.24, 2.45) is 0 Å². The van der Waals surface area contributed by atoms with Gasteiger partial charge < -0.3 is 29.6 Å². The van der Waals surface area contributed by atoms with Gasteiger partial charge in [-0.3, -0.25) is 9.78 Å². The zero-order valence-corrected chi connectivity index (χ0v) is 24.1. The van der Waals surface area contributed by atoms with Gasteiger partial charge in [-0.15, -0.1) is 0 Å². The van der Waals surface area contributed by atoms with Gasteiger partial charge in [0, 0.05) is 36.1 Å². The van der Waals surface area contributed by atoms with E-state index in [2.05, 4.69) is 76.2 Å². The van der Waals surface area contributed by atoms with Crippen LogP contribution in [-0.4, -0.2) is 41.4 Å². The third-order valence-electron chi connectivity index (χ3n) is 7.25. The maximum Gasteiger partial charge on any atom is 0.250 e. The van der Waals surface area contributed by atoms with E-state index in [4.69, 9.17) is 21.7 Å². The lowest BCUT2D eigenvalue weighted by molar-refractivity contribution is -0.119. The van der Waals surface area contributed by atoms with Crippen molar-refractivity contribution in [2.45, 2.75) is 32.9 Å². The van der Waals surface area contributed by atoms with Crippen molar-refractivity contribution in [3.63, 3.8) is 0 Å². The lowest BCUT2D eigenvalue weighted by Gasteiger charge is -2.29. The van der Waals surface area contributed by atoms with Crippen molar-refractivity contribution in [2.75, 3.05) is 31.0 Å². The fraction of sp³-hybridized carbons (Fsp3) is 0.258. The highest BCUT2D eigenvalue weighted by molar-refractivity contribution is 7.80. The lowest BCUT2D eigenvalue weighted by atomic mass is 9.96. The van der Waals surface area contributed by atoms with Gasteiger partial charge in [0.1, 0.15) is 12.4 Å². The maximum absolute atomic E-state index is 12.4. The van der Waals surface area contributed by atoms with Crippen LogP contribution in [0.2, 0.25) is 0 Å². The number of carbonyl (C=O) groups excluding carboxylic acids is 1. The molecule has 3 heterocycles. The number of nitrogens with one attached hydrogen (secondary N) is 2. The summed E-state index contributed by atoms with van der Waals surface area (Å²) in [6.07, 6.45) is 1.80. The van der Waals surface area contributed by atoms with Gasteiger partial charge in [0.25, 0.3) is 0 Å². The number of thiocarbonyl (C=S) groups is 1. The van der Waals surface area contributed by atoms with Crippen molar-refractivity contribution in [3.05, 3.63) is 101 Å². The van der Waals surface area contributed by atoms with Crippen molar-refractivity contribution in [3.8, 4) is 11.4 Å². The Bertz CT molecular complexity index is 1550. The molecule has 1 aliphatic rings. The minimum absolute atomic E-state index is 0.0632. The number of para-hydroxylation sites is 1. The van der Waals surface area contributed by atoms with Crippen LogP contribution in [-0.2, 0) is 9.53 Å². The first-order valence-corrected chi connectivity index (χ1v) is 13.5. The van der Waals surface area contributed by atoms with E-state index < -0.39 is 0 Å². The Morgan fingerprint density at radius 2 is 1.82 bits per heavy atom. The zero-order valence-electron chi connectivity index (χ0n) is 23.3. The number of ether oxygens (including phenoxy) is 2. The van der Waals surface area contributed by atoms with Crippen LogP contribution in [0.4, 0.5) is 11.4 Å². The molecule has 40 heavy (non-hydrogen) atoms. The van der Waals surface area contributed by atoms with Crippen molar-refractivity contribution in [1.29, 1.82) is 0 Å². The van der Waals surface area contributed by atoms with Gasteiger partial charge in [-0.2, -0.15) is 0 Å². The van der Waals surface area contributed by atoms with Crippen LogP contribution >= 0.6 is 12.2 Å². The average Bonchev–Trinajstić information content (AvgIpc) is 3.44. The number of benzene rings is 2. The van der Waals surface area contributed by atoms with E-state index in [1.165, 1.54) is 12.7 Å². The van der Waals surface area contributed by atoms with Crippen LogP contribution in [0.15, 0.2) is 72.9 Å². The van der Waals surface area contributed by atoms with E-state index in [1.807, 2.05) is 36.4 Å². The fourth-order valence-electron chi connectivity index (χ4n) is 5.48. The number of nitrogens with zero attached hydrogens (tertiary/aromatic N) is 3. The minimum atomic E-state index is -0.273. The third kappa shape index (κ3) is 5.05. The molecule has 1 fully saturated rings. The van der Waals surface area contributed by atoms with Crippen LogP contribution in [0.1, 0.15) is 40.3 Å². The normalized spacial score (nSPS) is 16.6. The Balaban J connectivity index is 1.66. The maximum atomic E-state index is 12.4.